The molecule has 1 atom stereocenters. The Hall–Kier alpha value is -0.0100. The highest BCUT2D eigenvalue weighted by Crippen LogP contribution is 2.14. The van der Waals surface area contributed by atoms with E-state index in [9.17, 15) is 0 Å². The second-order valence-electron chi connectivity index (χ2n) is 3.11. The lowest BCUT2D eigenvalue weighted by Gasteiger charge is -2.10. The van der Waals surface area contributed by atoms with Crippen LogP contribution in [-0.2, 0) is 4.74 Å². The lowest BCUT2D eigenvalue weighted by molar-refractivity contribution is 0.185. The molecule has 0 rings (SSSR count). The van der Waals surface area contributed by atoms with Gasteiger partial charge in [0.1, 0.15) is 0 Å². The molecule has 0 aliphatic heterocycles. The Labute approximate surface area is 80.8 Å². The average Bonchev–Trinajstić information content (AvgIpc) is 2.10. The van der Waals surface area contributed by atoms with Crippen molar-refractivity contribution in [3.05, 3.63) is 11.6 Å². The van der Waals surface area contributed by atoms with Crippen LogP contribution in [0.15, 0.2) is 11.6 Å². The summed E-state index contributed by atoms with van der Waals surface area (Å²) < 4.78 is 5.01. The van der Waals surface area contributed by atoms with Crippen molar-refractivity contribution in [2.75, 3.05) is 19.6 Å². The highest BCUT2D eigenvalue weighted by molar-refractivity contribution is 6.17. The van der Waals surface area contributed by atoms with Gasteiger partial charge in [0.25, 0.3) is 0 Å². The molecule has 0 aliphatic carbocycles. The molecule has 0 N–H and O–H groups in total. The first-order chi connectivity index (χ1) is 5.72. The van der Waals surface area contributed by atoms with E-state index in [0.717, 1.165) is 19.4 Å². The summed E-state index contributed by atoms with van der Waals surface area (Å²) in [4.78, 5) is 0. The summed E-state index contributed by atoms with van der Waals surface area (Å²) in [5, 5.41) is 0. The summed E-state index contributed by atoms with van der Waals surface area (Å²) in [6.07, 6.45) is 4.29. The molecule has 0 bridgehead atoms. The van der Waals surface area contributed by atoms with Crippen molar-refractivity contribution in [1.82, 2.24) is 0 Å². The Kier molecular flexibility index (Phi) is 7.62. The minimum absolute atomic E-state index is 0.619. The second kappa shape index (κ2) is 7.63. The van der Waals surface area contributed by atoms with Gasteiger partial charge >= 0.3 is 0 Å². The summed E-state index contributed by atoms with van der Waals surface area (Å²) in [7, 11) is 1.74. The van der Waals surface area contributed by atoms with Gasteiger partial charge in [-0.05, 0) is 25.7 Å². The van der Waals surface area contributed by atoms with Crippen LogP contribution in [0, 0.1) is 5.92 Å². The van der Waals surface area contributed by atoms with Gasteiger partial charge in [0.2, 0.25) is 0 Å². The van der Waals surface area contributed by atoms with Crippen molar-refractivity contribution in [2.45, 2.75) is 26.7 Å². The van der Waals surface area contributed by atoms with Crippen LogP contribution in [0.4, 0.5) is 0 Å². The number of allylic oxidation sites excluding steroid dienone is 2. The molecule has 0 heterocycles. The van der Waals surface area contributed by atoms with E-state index >= 15 is 0 Å². The molecule has 1 unspecified atom stereocenters. The largest absolute Gasteiger partial charge is 0.385 e. The van der Waals surface area contributed by atoms with Gasteiger partial charge in [-0.2, -0.15) is 0 Å². The lowest BCUT2D eigenvalue weighted by atomic mass is 9.99. The Balaban J connectivity index is 3.66. The Bertz CT molecular complexity index is 132. The van der Waals surface area contributed by atoms with Crippen molar-refractivity contribution in [3.63, 3.8) is 0 Å². The fourth-order valence-electron chi connectivity index (χ4n) is 1.01. The Morgan fingerprint density at radius 3 is 2.75 bits per heavy atom. The SMILES string of the molecule is COCCC(C)C(C)=CCCCl. The topological polar surface area (TPSA) is 9.23 Å². The molecule has 0 amide bonds. The van der Waals surface area contributed by atoms with E-state index in [1.54, 1.807) is 7.11 Å². The molecule has 0 aromatic carbocycles. The fourth-order valence-corrected chi connectivity index (χ4v) is 1.11. The Morgan fingerprint density at radius 2 is 2.25 bits per heavy atom. The van der Waals surface area contributed by atoms with Gasteiger partial charge in [-0.25, -0.2) is 0 Å². The summed E-state index contributed by atoms with van der Waals surface area (Å²) in [6, 6.07) is 0. The third kappa shape index (κ3) is 5.62. The maximum absolute atomic E-state index is 5.59. The Morgan fingerprint density at radius 1 is 1.58 bits per heavy atom. The van der Waals surface area contributed by atoms with E-state index in [0.29, 0.717) is 11.8 Å². The zero-order valence-electron chi connectivity index (χ0n) is 8.27. The monoisotopic (exact) mass is 190 g/mol. The molecule has 0 saturated carbocycles. The number of hydrogen-bond donors (Lipinski definition) is 0. The summed E-state index contributed by atoms with van der Waals surface area (Å²) in [5.41, 5.74) is 1.42. The van der Waals surface area contributed by atoms with E-state index in [2.05, 4.69) is 19.9 Å². The van der Waals surface area contributed by atoms with E-state index in [-0.39, 0.29) is 0 Å². The van der Waals surface area contributed by atoms with Crippen molar-refractivity contribution in [2.24, 2.45) is 5.92 Å². The number of methoxy groups -OCH3 is 1. The van der Waals surface area contributed by atoms with E-state index in [1.165, 1.54) is 5.57 Å². The third-order valence-electron chi connectivity index (χ3n) is 2.11. The zero-order valence-corrected chi connectivity index (χ0v) is 9.03. The van der Waals surface area contributed by atoms with Gasteiger partial charge in [0.15, 0.2) is 0 Å². The number of halogens is 1. The van der Waals surface area contributed by atoms with Gasteiger partial charge in [0.05, 0.1) is 0 Å². The first kappa shape index (κ1) is 12.0. The number of hydrogen-bond acceptors (Lipinski definition) is 1. The number of alkyl halides is 1. The van der Waals surface area contributed by atoms with Crippen LogP contribution in [0.5, 0.6) is 0 Å². The molecule has 0 aliphatic rings. The maximum Gasteiger partial charge on any atom is 0.0467 e. The molecule has 1 nitrogen and oxygen atoms in total. The van der Waals surface area contributed by atoms with E-state index in [1.807, 2.05) is 0 Å². The minimum atomic E-state index is 0.619. The van der Waals surface area contributed by atoms with Gasteiger partial charge in [-0.3, -0.25) is 0 Å². The molecule has 0 fully saturated rings. The molecular formula is C10H19ClO. The molecule has 0 saturated heterocycles. The predicted octanol–water partition coefficient (Wildman–Crippen LogP) is 3.23. The maximum atomic E-state index is 5.59. The van der Waals surface area contributed by atoms with Crippen LogP contribution < -0.4 is 0 Å². The van der Waals surface area contributed by atoms with Crippen LogP contribution in [-0.4, -0.2) is 19.6 Å². The van der Waals surface area contributed by atoms with E-state index in [4.69, 9.17) is 16.3 Å². The molecule has 2 heteroatoms. The zero-order chi connectivity index (χ0) is 9.40. The molecular weight excluding hydrogens is 172 g/mol. The van der Waals surface area contributed by atoms with Crippen LogP contribution in [0.2, 0.25) is 0 Å². The van der Waals surface area contributed by atoms with Crippen molar-refractivity contribution in [3.8, 4) is 0 Å². The van der Waals surface area contributed by atoms with Gasteiger partial charge in [-0.1, -0.05) is 18.6 Å². The fraction of sp³-hybridized carbons (Fsp3) is 0.800. The van der Waals surface area contributed by atoms with Gasteiger partial charge in [-0.15, -0.1) is 11.6 Å². The predicted molar refractivity (Wildman–Crippen MR) is 54.8 cm³/mol. The lowest BCUT2D eigenvalue weighted by Crippen LogP contribution is -2.01. The number of rotatable bonds is 6. The van der Waals surface area contributed by atoms with Gasteiger partial charge < -0.3 is 4.74 Å². The van der Waals surface area contributed by atoms with Crippen LogP contribution in [0.3, 0.4) is 0 Å². The van der Waals surface area contributed by atoms with Crippen molar-refractivity contribution < 1.29 is 4.74 Å². The van der Waals surface area contributed by atoms with Crippen LogP contribution >= 0.6 is 11.6 Å². The standard InChI is InChI=1S/C10H19ClO/c1-9(5-4-7-11)10(2)6-8-12-3/h5,10H,4,6-8H2,1-3H3. The van der Waals surface area contributed by atoms with Crippen molar-refractivity contribution in [1.29, 1.82) is 0 Å². The molecule has 72 valence electrons. The molecule has 0 spiro atoms. The highest BCUT2D eigenvalue weighted by Gasteiger charge is 2.02. The molecule has 12 heavy (non-hydrogen) atoms. The van der Waals surface area contributed by atoms with Crippen LogP contribution in [0.1, 0.15) is 26.7 Å². The highest BCUT2D eigenvalue weighted by atomic mass is 35.5. The number of ether oxygens (including phenoxy) is 1. The minimum Gasteiger partial charge on any atom is -0.385 e. The first-order valence-corrected chi connectivity index (χ1v) is 4.97. The van der Waals surface area contributed by atoms with Crippen molar-refractivity contribution >= 4 is 11.6 Å². The second-order valence-corrected chi connectivity index (χ2v) is 3.49. The molecule has 0 radical (unpaired) electrons. The molecule has 0 aromatic rings. The van der Waals surface area contributed by atoms with Gasteiger partial charge in [0, 0.05) is 19.6 Å². The van der Waals surface area contributed by atoms with Crippen LogP contribution in [0.25, 0.3) is 0 Å². The normalized spacial score (nSPS) is 14.8. The summed E-state index contributed by atoms with van der Waals surface area (Å²) in [6.45, 7) is 5.22. The smallest absolute Gasteiger partial charge is 0.0467 e. The molecule has 0 aromatic heterocycles. The average molecular weight is 191 g/mol. The van der Waals surface area contributed by atoms with E-state index < -0.39 is 0 Å². The first-order valence-electron chi connectivity index (χ1n) is 4.44. The summed E-state index contributed by atoms with van der Waals surface area (Å²) in [5.74, 6) is 1.34. The quantitative estimate of drug-likeness (QED) is 0.462. The third-order valence-corrected chi connectivity index (χ3v) is 2.33. The summed E-state index contributed by atoms with van der Waals surface area (Å²) >= 11 is 5.59.